The number of phenolic OH excluding ortho intramolecular Hbond substituents is 1. The Hall–Kier alpha value is -3.79. The first-order valence-electron chi connectivity index (χ1n) is 8.62. The third kappa shape index (κ3) is 3.85. The Bertz CT molecular complexity index is 1280. The van der Waals surface area contributed by atoms with Gasteiger partial charge in [-0.15, -0.1) is 0 Å². The molecule has 0 aliphatic carbocycles. The first kappa shape index (κ1) is 19.5. The van der Waals surface area contributed by atoms with Crippen LogP contribution in [0.3, 0.4) is 0 Å². The summed E-state index contributed by atoms with van der Waals surface area (Å²) in [4.78, 5) is 19.7. The molecule has 2 aromatic carbocycles. The number of amides is 1. The van der Waals surface area contributed by atoms with Crippen molar-refractivity contribution in [3.05, 3.63) is 78.1 Å². The van der Waals surface area contributed by atoms with Crippen molar-refractivity contribution >= 4 is 39.3 Å². The molecule has 152 valence electrons. The third-order valence-electron chi connectivity index (χ3n) is 4.25. The number of pyridine rings is 1. The normalized spacial score (nSPS) is 11.9. The van der Waals surface area contributed by atoms with Gasteiger partial charge in [0.1, 0.15) is 33.9 Å². The summed E-state index contributed by atoms with van der Waals surface area (Å²) in [6, 6.07) is 10.7. The number of nitrogens with zero attached hydrogens (tertiary/aromatic N) is 1. The van der Waals surface area contributed by atoms with Crippen LogP contribution < -0.4 is 10.0 Å². The van der Waals surface area contributed by atoms with Crippen LogP contribution in [-0.4, -0.2) is 25.2 Å². The third-order valence-corrected chi connectivity index (χ3v) is 5.35. The number of aromatic hydroxyl groups is 1. The van der Waals surface area contributed by atoms with E-state index in [-0.39, 0.29) is 21.9 Å². The predicted octanol–water partition coefficient (Wildman–Crippen LogP) is 3.93. The van der Waals surface area contributed by atoms with E-state index >= 15 is 0 Å². The number of benzene rings is 2. The lowest BCUT2D eigenvalue weighted by Gasteiger charge is -2.12. The molecule has 1 amide bonds. The molecule has 4 aromatic rings. The molecular weight excluding hydrogens is 414 g/mol. The van der Waals surface area contributed by atoms with Crippen LogP contribution in [-0.2, 0) is 11.0 Å². The number of rotatable bonds is 5. The van der Waals surface area contributed by atoms with Gasteiger partial charge in [-0.2, -0.15) is 0 Å². The number of aromatic amines is 1. The van der Waals surface area contributed by atoms with Gasteiger partial charge in [0.25, 0.3) is 5.91 Å². The van der Waals surface area contributed by atoms with Crippen molar-refractivity contribution < 1.29 is 22.9 Å². The van der Waals surface area contributed by atoms with Crippen molar-refractivity contribution in [1.82, 2.24) is 9.97 Å². The van der Waals surface area contributed by atoms with Crippen molar-refractivity contribution in [2.24, 2.45) is 0 Å². The Morgan fingerprint density at radius 1 is 1.10 bits per heavy atom. The number of nitrogens with one attached hydrogen (secondary N) is 3. The zero-order valence-electron chi connectivity index (χ0n) is 15.1. The summed E-state index contributed by atoms with van der Waals surface area (Å²) >= 11 is 0. The average molecular weight is 428 g/mol. The van der Waals surface area contributed by atoms with Crippen LogP contribution in [0, 0.1) is 11.6 Å². The van der Waals surface area contributed by atoms with Crippen LogP contribution in [0.5, 0.6) is 5.75 Å². The molecule has 7 nitrogen and oxygen atoms in total. The summed E-state index contributed by atoms with van der Waals surface area (Å²) in [5.41, 5.74) is -0.252. The van der Waals surface area contributed by atoms with E-state index in [1.165, 1.54) is 36.5 Å². The standard InChI is InChI=1S/C20H14F2N4O3S/c21-15-5-6-16(26-30(29)14-3-1-13(27)2-4-14)17(22)18(15)25-20(28)12-9-11-7-8-23-19(11)24-10-12/h1-10,26-27H,(H,23,24)(H,25,28). The van der Waals surface area contributed by atoms with E-state index < -0.39 is 34.2 Å². The second-order valence-corrected chi connectivity index (χ2v) is 7.46. The van der Waals surface area contributed by atoms with Crippen molar-refractivity contribution in [1.29, 1.82) is 0 Å². The number of halogens is 2. The fraction of sp³-hybridized carbons (Fsp3) is 0. The molecule has 0 fully saturated rings. The highest BCUT2D eigenvalue weighted by Crippen LogP contribution is 2.28. The smallest absolute Gasteiger partial charge is 0.257 e. The Labute approximate surface area is 171 Å². The quantitative estimate of drug-likeness (QED) is 0.386. The van der Waals surface area contributed by atoms with Gasteiger partial charge in [-0.1, -0.05) is 0 Å². The summed E-state index contributed by atoms with van der Waals surface area (Å²) in [7, 11) is -1.88. The Morgan fingerprint density at radius 2 is 1.87 bits per heavy atom. The number of carbonyl (C=O) groups is 1. The van der Waals surface area contributed by atoms with Gasteiger partial charge in [0, 0.05) is 17.8 Å². The van der Waals surface area contributed by atoms with E-state index in [2.05, 4.69) is 20.0 Å². The molecule has 4 rings (SSSR count). The lowest BCUT2D eigenvalue weighted by atomic mass is 10.2. The minimum absolute atomic E-state index is 0.0129. The van der Waals surface area contributed by atoms with Crippen LogP contribution in [0.4, 0.5) is 20.2 Å². The maximum absolute atomic E-state index is 14.8. The van der Waals surface area contributed by atoms with Crippen LogP contribution in [0.2, 0.25) is 0 Å². The zero-order chi connectivity index (χ0) is 21.3. The van der Waals surface area contributed by atoms with Gasteiger partial charge in [0.2, 0.25) is 0 Å². The largest absolute Gasteiger partial charge is 0.508 e. The monoisotopic (exact) mass is 428 g/mol. The van der Waals surface area contributed by atoms with E-state index in [9.17, 15) is 22.9 Å². The fourth-order valence-electron chi connectivity index (χ4n) is 2.72. The van der Waals surface area contributed by atoms with E-state index in [4.69, 9.17) is 0 Å². The molecule has 0 radical (unpaired) electrons. The summed E-state index contributed by atoms with van der Waals surface area (Å²) in [5.74, 6) is -2.86. The Morgan fingerprint density at radius 3 is 2.63 bits per heavy atom. The average Bonchev–Trinajstić information content (AvgIpc) is 3.21. The number of H-pyrrole nitrogens is 1. The van der Waals surface area contributed by atoms with Gasteiger partial charge in [0.05, 0.1) is 16.1 Å². The highest BCUT2D eigenvalue weighted by molar-refractivity contribution is 7.86. The molecule has 0 bridgehead atoms. The highest BCUT2D eigenvalue weighted by Gasteiger charge is 2.19. The SMILES string of the molecule is O=C(Nc1c(F)ccc(NS(=O)c2ccc(O)cc2)c1F)c1cnc2[nH]ccc2c1. The number of hydrogen-bond acceptors (Lipinski definition) is 4. The van der Waals surface area contributed by atoms with Gasteiger partial charge >= 0.3 is 0 Å². The topological polar surface area (TPSA) is 107 Å². The highest BCUT2D eigenvalue weighted by atomic mass is 32.2. The molecule has 4 N–H and O–H groups in total. The van der Waals surface area contributed by atoms with Gasteiger partial charge in [0.15, 0.2) is 5.82 Å². The second-order valence-electron chi connectivity index (χ2n) is 6.24. The lowest BCUT2D eigenvalue weighted by molar-refractivity contribution is 0.102. The first-order chi connectivity index (χ1) is 14.4. The molecule has 10 heteroatoms. The van der Waals surface area contributed by atoms with Crippen molar-refractivity contribution in [3.63, 3.8) is 0 Å². The van der Waals surface area contributed by atoms with Crippen molar-refractivity contribution in [2.45, 2.75) is 4.90 Å². The summed E-state index contributed by atoms with van der Waals surface area (Å²) in [6.07, 6.45) is 2.94. The van der Waals surface area contributed by atoms with Crippen molar-refractivity contribution in [2.75, 3.05) is 10.0 Å². The van der Waals surface area contributed by atoms with E-state index in [0.717, 1.165) is 12.1 Å². The maximum atomic E-state index is 14.8. The Kier molecular flexibility index (Phi) is 5.15. The number of hydrogen-bond donors (Lipinski definition) is 4. The number of anilines is 2. The molecule has 1 atom stereocenters. The van der Waals surface area contributed by atoms with Crippen molar-refractivity contribution in [3.8, 4) is 5.75 Å². The van der Waals surface area contributed by atoms with Gasteiger partial charge in [-0.25, -0.2) is 18.0 Å². The Balaban J connectivity index is 1.58. The fourth-order valence-corrected chi connectivity index (χ4v) is 3.58. The van der Waals surface area contributed by atoms with Crippen LogP contribution >= 0.6 is 0 Å². The molecule has 1 unspecified atom stereocenters. The number of carbonyl (C=O) groups excluding carboxylic acids is 1. The summed E-state index contributed by atoms with van der Waals surface area (Å²) < 4.78 is 43.9. The number of phenols is 1. The van der Waals surface area contributed by atoms with E-state index in [0.29, 0.717) is 11.0 Å². The molecule has 2 aromatic heterocycles. The molecule has 0 aliphatic heterocycles. The molecule has 2 heterocycles. The second kappa shape index (κ2) is 7.91. The zero-order valence-corrected chi connectivity index (χ0v) is 16.0. The number of fused-ring (bicyclic) bond motifs is 1. The van der Waals surface area contributed by atoms with Crippen LogP contribution in [0.1, 0.15) is 10.4 Å². The molecule has 0 spiro atoms. The van der Waals surface area contributed by atoms with E-state index in [1.54, 1.807) is 12.3 Å². The molecular formula is C20H14F2N4O3S. The summed E-state index contributed by atoms with van der Waals surface area (Å²) in [6.45, 7) is 0. The number of aromatic nitrogens is 2. The molecule has 30 heavy (non-hydrogen) atoms. The molecule has 0 aliphatic rings. The van der Waals surface area contributed by atoms with E-state index in [1.807, 2.05) is 0 Å². The lowest BCUT2D eigenvalue weighted by Crippen LogP contribution is -2.16. The minimum Gasteiger partial charge on any atom is -0.508 e. The summed E-state index contributed by atoms with van der Waals surface area (Å²) in [5, 5.41) is 12.2. The van der Waals surface area contributed by atoms with Gasteiger partial charge in [-0.05, 0) is 48.5 Å². The van der Waals surface area contributed by atoms with Gasteiger partial charge < -0.3 is 15.4 Å². The molecule has 0 saturated heterocycles. The maximum Gasteiger partial charge on any atom is 0.257 e. The molecule has 0 saturated carbocycles. The van der Waals surface area contributed by atoms with Crippen LogP contribution in [0.25, 0.3) is 11.0 Å². The van der Waals surface area contributed by atoms with Gasteiger partial charge in [-0.3, -0.25) is 9.52 Å². The first-order valence-corrected chi connectivity index (χ1v) is 9.77. The van der Waals surface area contributed by atoms with Crippen LogP contribution in [0.15, 0.2) is 65.8 Å². The predicted molar refractivity (Wildman–Crippen MR) is 109 cm³/mol. The minimum atomic E-state index is -1.88.